The smallest absolute Gasteiger partial charge is 0.140 e. The van der Waals surface area contributed by atoms with Crippen LogP contribution in [0.4, 0.5) is 0 Å². The second-order valence-corrected chi connectivity index (χ2v) is 10.7. The largest absolute Gasteiger partial charge is 0.392 e. The number of carbonyl (C=O) groups excluding carboxylic acids is 2. The van der Waals surface area contributed by atoms with E-state index in [1.807, 2.05) is 41.5 Å². The third-order valence-corrected chi connectivity index (χ3v) is 8.43. The first-order valence-corrected chi connectivity index (χ1v) is 9.24. The SMILES string of the molecule is CC1(C)CC(=O)[C@]2(C)[C@H]([C@@H]3[C@@H]4[C@H](O)C(C)(C)CC(=O)[C@@]34C)[C@H]2[C@H]1O. The van der Waals surface area contributed by atoms with Gasteiger partial charge < -0.3 is 10.2 Å². The molecule has 0 aromatic carbocycles. The molecule has 0 bridgehead atoms. The molecule has 4 rings (SSSR count). The van der Waals surface area contributed by atoms with E-state index in [1.54, 1.807) is 0 Å². The summed E-state index contributed by atoms with van der Waals surface area (Å²) in [4.78, 5) is 25.6. The highest BCUT2D eigenvalue weighted by Gasteiger charge is 2.85. The minimum Gasteiger partial charge on any atom is -0.392 e. The van der Waals surface area contributed by atoms with Gasteiger partial charge in [-0.3, -0.25) is 9.59 Å². The number of aliphatic hydroxyl groups is 2. The number of fused-ring (bicyclic) bond motifs is 2. The lowest BCUT2D eigenvalue weighted by molar-refractivity contribution is -0.135. The lowest BCUT2D eigenvalue weighted by atomic mass is 9.71. The zero-order valence-electron chi connectivity index (χ0n) is 15.6. The van der Waals surface area contributed by atoms with E-state index < -0.39 is 33.9 Å². The molecule has 2 N–H and O–H groups in total. The summed E-state index contributed by atoms with van der Waals surface area (Å²) in [5.41, 5.74) is -1.83. The second-order valence-electron chi connectivity index (χ2n) is 10.7. The Kier molecular flexibility index (Phi) is 2.89. The molecular weight excluding hydrogens is 304 g/mol. The maximum Gasteiger partial charge on any atom is 0.140 e. The fourth-order valence-corrected chi connectivity index (χ4v) is 6.54. The van der Waals surface area contributed by atoms with E-state index in [9.17, 15) is 19.8 Å². The minimum atomic E-state index is -0.517. The molecule has 0 unspecified atom stereocenters. The Labute approximate surface area is 144 Å². The van der Waals surface area contributed by atoms with Crippen molar-refractivity contribution in [1.82, 2.24) is 0 Å². The Morgan fingerprint density at radius 3 is 1.25 bits per heavy atom. The summed E-state index contributed by atoms with van der Waals surface area (Å²) in [6.07, 6.45) is -0.241. The van der Waals surface area contributed by atoms with Crippen molar-refractivity contribution < 1.29 is 19.8 Å². The predicted molar refractivity (Wildman–Crippen MR) is 89.0 cm³/mol. The number of aliphatic hydroxyl groups excluding tert-OH is 2. The van der Waals surface area contributed by atoms with Gasteiger partial charge in [-0.25, -0.2) is 0 Å². The number of rotatable bonds is 1. The van der Waals surface area contributed by atoms with Crippen LogP contribution in [0.25, 0.3) is 0 Å². The summed E-state index contributed by atoms with van der Waals surface area (Å²) in [6.45, 7) is 11.8. The maximum atomic E-state index is 12.8. The monoisotopic (exact) mass is 334 g/mol. The molecule has 24 heavy (non-hydrogen) atoms. The normalized spacial score (nSPS) is 57.2. The van der Waals surface area contributed by atoms with Gasteiger partial charge in [-0.2, -0.15) is 0 Å². The zero-order chi connectivity index (χ0) is 18.0. The lowest BCUT2D eigenvalue weighted by Gasteiger charge is -2.36. The van der Waals surface area contributed by atoms with Crippen molar-refractivity contribution in [3.63, 3.8) is 0 Å². The van der Waals surface area contributed by atoms with E-state index in [0.29, 0.717) is 12.8 Å². The van der Waals surface area contributed by atoms with E-state index in [0.717, 1.165) is 0 Å². The van der Waals surface area contributed by atoms with E-state index in [-0.39, 0.29) is 35.2 Å². The lowest BCUT2D eigenvalue weighted by Crippen LogP contribution is -2.41. The van der Waals surface area contributed by atoms with Gasteiger partial charge in [-0.1, -0.05) is 41.5 Å². The molecule has 8 atom stereocenters. The molecule has 0 aliphatic heterocycles. The Hall–Kier alpha value is -0.740. The van der Waals surface area contributed by atoms with E-state index in [1.165, 1.54) is 0 Å². The van der Waals surface area contributed by atoms with Gasteiger partial charge in [0.05, 0.1) is 12.2 Å². The molecule has 0 aromatic rings. The highest BCUT2D eigenvalue weighted by Crippen LogP contribution is 2.81. The van der Waals surface area contributed by atoms with Crippen LogP contribution in [0.5, 0.6) is 0 Å². The summed E-state index contributed by atoms with van der Waals surface area (Å²) in [6, 6.07) is 0. The average molecular weight is 334 g/mol. The molecule has 0 spiro atoms. The zero-order valence-corrected chi connectivity index (χ0v) is 15.6. The molecule has 0 heterocycles. The van der Waals surface area contributed by atoms with E-state index in [2.05, 4.69) is 0 Å². The molecule has 134 valence electrons. The van der Waals surface area contributed by atoms with Crippen molar-refractivity contribution in [1.29, 1.82) is 0 Å². The topological polar surface area (TPSA) is 74.6 Å². The molecule has 4 aliphatic carbocycles. The first-order valence-electron chi connectivity index (χ1n) is 9.24. The van der Waals surface area contributed by atoms with Crippen LogP contribution >= 0.6 is 0 Å². The summed E-state index contributed by atoms with van der Waals surface area (Å²) in [5.74, 6) is 0.379. The van der Waals surface area contributed by atoms with Gasteiger partial charge >= 0.3 is 0 Å². The van der Waals surface area contributed by atoms with Crippen LogP contribution in [0.2, 0.25) is 0 Å². The maximum absolute atomic E-state index is 12.8. The van der Waals surface area contributed by atoms with Crippen LogP contribution in [-0.4, -0.2) is 34.0 Å². The van der Waals surface area contributed by atoms with Gasteiger partial charge in [0, 0.05) is 35.5 Å². The van der Waals surface area contributed by atoms with Crippen molar-refractivity contribution in [3.8, 4) is 0 Å². The van der Waals surface area contributed by atoms with Crippen LogP contribution < -0.4 is 0 Å². The van der Waals surface area contributed by atoms with Gasteiger partial charge in [0.2, 0.25) is 0 Å². The average Bonchev–Trinajstić information content (AvgIpc) is 3.26. The molecule has 0 radical (unpaired) electrons. The van der Waals surface area contributed by atoms with Gasteiger partial charge in [-0.05, 0) is 22.7 Å². The van der Waals surface area contributed by atoms with Crippen LogP contribution in [0, 0.1) is 45.3 Å². The predicted octanol–water partition coefficient (Wildman–Crippen LogP) is 2.21. The second kappa shape index (κ2) is 4.15. The standard InChI is InChI=1S/C20H30O4/c1-17(2)7-9(21)19(5)11(13(19)15(17)23)12-14-16(24)18(3,4)8-10(22)20(12,14)6/h11-16,23-24H,7-8H2,1-6H3/t11-,12-,13-,14+,15+,16-,19+,20-/m1/s1. The highest BCUT2D eigenvalue weighted by atomic mass is 16.3. The van der Waals surface area contributed by atoms with Crippen LogP contribution in [0.15, 0.2) is 0 Å². The molecular formula is C20H30O4. The van der Waals surface area contributed by atoms with Crippen molar-refractivity contribution >= 4 is 11.6 Å². The number of hydrogen-bond acceptors (Lipinski definition) is 4. The molecule has 0 amide bonds. The first-order chi connectivity index (χ1) is 10.8. The highest BCUT2D eigenvalue weighted by molar-refractivity contribution is 5.93. The fraction of sp³-hybridized carbons (Fsp3) is 0.900. The Morgan fingerprint density at radius 1 is 0.667 bits per heavy atom. The van der Waals surface area contributed by atoms with E-state index >= 15 is 0 Å². The molecule has 0 aromatic heterocycles. The number of hydrogen-bond donors (Lipinski definition) is 2. The van der Waals surface area contributed by atoms with Crippen LogP contribution in [-0.2, 0) is 9.59 Å². The quantitative estimate of drug-likeness (QED) is 0.771. The Morgan fingerprint density at radius 2 is 0.958 bits per heavy atom. The molecule has 4 aliphatic rings. The minimum absolute atomic E-state index is 0.0317. The van der Waals surface area contributed by atoms with Crippen molar-refractivity contribution in [2.24, 2.45) is 45.3 Å². The third kappa shape index (κ3) is 1.63. The Balaban J connectivity index is 1.70. The molecule has 4 heteroatoms. The van der Waals surface area contributed by atoms with E-state index in [4.69, 9.17) is 0 Å². The number of Topliss-reactive ketones (excluding diaryl/α,β-unsaturated/α-hetero) is 2. The van der Waals surface area contributed by atoms with Gasteiger partial charge in [-0.15, -0.1) is 0 Å². The van der Waals surface area contributed by atoms with Gasteiger partial charge in [0.15, 0.2) is 0 Å². The van der Waals surface area contributed by atoms with Gasteiger partial charge in [0.25, 0.3) is 0 Å². The van der Waals surface area contributed by atoms with Crippen molar-refractivity contribution in [2.75, 3.05) is 0 Å². The summed E-state index contributed by atoms with van der Waals surface area (Å²) >= 11 is 0. The molecule has 4 nitrogen and oxygen atoms in total. The number of ketones is 2. The van der Waals surface area contributed by atoms with Crippen LogP contribution in [0.1, 0.15) is 54.4 Å². The summed E-state index contributed by atoms with van der Waals surface area (Å²) < 4.78 is 0. The number of carbonyl (C=O) groups is 2. The molecule has 4 saturated carbocycles. The summed E-state index contributed by atoms with van der Waals surface area (Å²) in [5, 5.41) is 21.7. The first kappa shape index (κ1) is 16.7. The van der Waals surface area contributed by atoms with Crippen LogP contribution in [0.3, 0.4) is 0 Å². The third-order valence-electron chi connectivity index (χ3n) is 8.43. The van der Waals surface area contributed by atoms with Gasteiger partial charge in [0.1, 0.15) is 11.6 Å². The summed E-state index contributed by atoms with van der Waals surface area (Å²) in [7, 11) is 0. The Bertz CT molecular complexity index is 594. The molecule has 4 fully saturated rings. The van der Waals surface area contributed by atoms with Crippen molar-refractivity contribution in [3.05, 3.63) is 0 Å². The molecule has 0 saturated heterocycles. The van der Waals surface area contributed by atoms with Crippen molar-refractivity contribution in [2.45, 2.75) is 66.6 Å². The fourth-order valence-electron chi connectivity index (χ4n) is 6.54.